The first kappa shape index (κ1) is 12.6. The Kier molecular flexibility index (Phi) is 3.28. The highest BCUT2D eigenvalue weighted by molar-refractivity contribution is 5.23. The molecule has 17 heavy (non-hydrogen) atoms. The fourth-order valence-electron chi connectivity index (χ4n) is 2.35. The highest BCUT2D eigenvalue weighted by Gasteiger charge is 2.44. The monoisotopic (exact) mass is 232 g/mol. The van der Waals surface area contributed by atoms with Crippen molar-refractivity contribution in [3.63, 3.8) is 0 Å². The topological polar surface area (TPSA) is 38.0 Å². The van der Waals surface area contributed by atoms with Crippen LogP contribution in [-0.2, 0) is 5.54 Å². The second-order valence-electron chi connectivity index (χ2n) is 6.30. The predicted molar refractivity (Wildman–Crippen MR) is 72.7 cm³/mol. The molecule has 1 aliphatic carbocycles. The van der Waals surface area contributed by atoms with Gasteiger partial charge in [-0.05, 0) is 36.8 Å². The van der Waals surface area contributed by atoms with E-state index in [0.717, 1.165) is 19.0 Å². The summed E-state index contributed by atoms with van der Waals surface area (Å²) in [5.74, 6) is 0.828. The Bertz CT molecular complexity index is 368. The quantitative estimate of drug-likeness (QED) is 0.818. The molecule has 0 heterocycles. The molecule has 2 nitrogen and oxygen atoms in total. The number of rotatable bonds is 5. The maximum absolute atomic E-state index is 6.35. The molecule has 0 amide bonds. The smallest absolute Gasteiger partial charge is 0.0507 e. The minimum absolute atomic E-state index is 0.277. The molecule has 1 aliphatic rings. The average Bonchev–Trinajstić information content (AvgIpc) is 2.87. The molecule has 2 unspecified atom stereocenters. The first-order valence-electron chi connectivity index (χ1n) is 6.47. The molecule has 0 saturated heterocycles. The van der Waals surface area contributed by atoms with Gasteiger partial charge in [0.25, 0.3) is 0 Å². The van der Waals surface area contributed by atoms with Gasteiger partial charge in [-0.15, -0.1) is 0 Å². The summed E-state index contributed by atoms with van der Waals surface area (Å²) in [6, 6.07) is 10.3. The Balaban J connectivity index is 1.82. The van der Waals surface area contributed by atoms with E-state index in [9.17, 15) is 0 Å². The molecule has 1 saturated carbocycles. The molecule has 0 aromatic heterocycles. The lowest BCUT2D eigenvalue weighted by Crippen LogP contribution is -2.44. The van der Waals surface area contributed by atoms with Gasteiger partial charge in [-0.1, -0.05) is 44.2 Å². The third-order valence-corrected chi connectivity index (χ3v) is 4.03. The molecular formula is C15H24N2. The minimum Gasteiger partial charge on any atom is -0.321 e. The minimum atomic E-state index is -0.277. The SMILES string of the molecule is CC(N)(CNCC1CC1(C)C)c1ccccc1. The lowest BCUT2D eigenvalue weighted by Gasteiger charge is -2.26. The van der Waals surface area contributed by atoms with E-state index in [1.165, 1.54) is 12.0 Å². The highest BCUT2D eigenvalue weighted by Crippen LogP contribution is 2.50. The summed E-state index contributed by atoms with van der Waals surface area (Å²) >= 11 is 0. The largest absolute Gasteiger partial charge is 0.321 e. The Labute approximate surface area is 105 Å². The van der Waals surface area contributed by atoms with Gasteiger partial charge in [0.05, 0.1) is 5.54 Å². The molecule has 0 bridgehead atoms. The number of nitrogens with two attached hydrogens (primary N) is 1. The van der Waals surface area contributed by atoms with E-state index in [-0.39, 0.29) is 5.54 Å². The summed E-state index contributed by atoms with van der Waals surface area (Å²) < 4.78 is 0. The maximum atomic E-state index is 6.35. The molecule has 0 aliphatic heterocycles. The fraction of sp³-hybridized carbons (Fsp3) is 0.600. The van der Waals surface area contributed by atoms with Crippen LogP contribution in [0.4, 0.5) is 0 Å². The van der Waals surface area contributed by atoms with Crippen molar-refractivity contribution in [1.29, 1.82) is 0 Å². The molecule has 0 spiro atoms. The van der Waals surface area contributed by atoms with Crippen molar-refractivity contribution in [2.24, 2.45) is 17.1 Å². The van der Waals surface area contributed by atoms with Gasteiger partial charge < -0.3 is 11.1 Å². The van der Waals surface area contributed by atoms with Crippen LogP contribution in [0.1, 0.15) is 32.8 Å². The number of benzene rings is 1. The van der Waals surface area contributed by atoms with E-state index in [2.05, 4.69) is 38.2 Å². The molecule has 2 rings (SSSR count). The van der Waals surface area contributed by atoms with Gasteiger partial charge in [0.15, 0.2) is 0 Å². The second kappa shape index (κ2) is 4.43. The standard InChI is InChI=1S/C15H24N2/c1-14(2)9-13(14)10-17-11-15(3,16)12-7-5-4-6-8-12/h4-8,13,17H,9-11,16H2,1-3H3. The molecular weight excluding hydrogens is 208 g/mol. The van der Waals surface area contributed by atoms with Crippen LogP contribution in [0.25, 0.3) is 0 Å². The predicted octanol–water partition coefficient (Wildman–Crippen LogP) is 2.50. The third-order valence-electron chi connectivity index (χ3n) is 4.03. The summed E-state index contributed by atoms with van der Waals surface area (Å²) in [4.78, 5) is 0. The molecule has 3 N–H and O–H groups in total. The third kappa shape index (κ3) is 3.08. The zero-order valence-electron chi connectivity index (χ0n) is 11.2. The van der Waals surface area contributed by atoms with Crippen LogP contribution in [0.5, 0.6) is 0 Å². The number of nitrogens with one attached hydrogen (secondary N) is 1. The molecule has 0 radical (unpaired) electrons. The number of hydrogen-bond donors (Lipinski definition) is 2. The van der Waals surface area contributed by atoms with E-state index >= 15 is 0 Å². The lowest BCUT2D eigenvalue weighted by molar-refractivity contribution is 0.425. The number of hydrogen-bond acceptors (Lipinski definition) is 2. The van der Waals surface area contributed by atoms with E-state index in [1.54, 1.807) is 0 Å². The molecule has 1 fully saturated rings. The van der Waals surface area contributed by atoms with E-state index in [1.807, 2.05) is 18.2 Å². The van der Waals surface area contributed by atoms with Crippen molar-refractivity contribution >= 4 is 0 Å². The van der Waals surface area contributed by atoms with Gasteiger partial charge in [0.1, 0.15) is 0 Å². The van der Waals surface area contributed by atoms with Gasteiger partial charge in [0, 0.05) is 6.54 Å². The normalized spacial score (nSPS) is 25.3. The van der Waals surface area contributed by atoms with Gasteiger partial charge in [-0.3, -0.25) is 0 Å². The Morgan fingerprint density at radius 3 is 2.47 bits per heavy atom. The summed E-state index contributed by atoms with van der Waals surface area (Å²) in [6.07, 6.45) is 1.34. The van der Waals surface area contributed by atoms with E-state index < -0.39 is 0 Å². The maximum Gasteiger partial charge on any atom is 0.0507 e. The van der Waals surface area contributed by atoms with Crippen LogP contribution < -0.4 is 11.1 Å². The Hall–Kier alpha value is -0.860. The zero-order valence-corrected chi connectivity index (χ0v) is 11.2. The summed E-state index contributed by atoms with van der Waals surface area (Å²) in [5.41, 5.74) is 7.82. The van der Waals surface area contributed by atoms with Crippen molar-refractivity contribution in [3.05, 3.63) is 35.9 Å². The Morgan fingerprint density at radius 2 is 1.94 bits per heavy atom. The first-order valence-corrected chi connectivity index (χ1v) is 6.47. The van der Waals surface area contributed by atoms with Crippen LogP contribution in [-0.4, -0.2) is 13.1 Å². The van der Waals surface area contributed by atoms with Gasteiger partial charge in [-0.25, -0.2) is 0 Å². The van der Waals surface area contributed by atoms with Gasteiger partial charge in [-0.2, -0.15) is 0 Å². The molecule has 2 heteroatoms. The van der Waals surface area contributed by atoms with Crippen molar-refractivity contribution in [2.75, 3.05) is 13.1 Å². The summed E-state index contributed by atoms with van der Waals surface area (Å²) in [5, 5.41) is 3.52. The summed E-state index contributed by atoms with van der Waals surface area (Å²) in [6.45, 7) is 8.68. The zero-order chi connectivity index (χ0) is 12.5. The van der Waals surface area contributed by atoms with Gasteiger partial charge in [0.2, 0.25) is 0 Å². The molecule has 1 aromatic carbocycles. The van der Waals surface area contributed by atoms with Gasteiger partial charge >= 0.3 is 0 Å². The average molecular weight is 232 g/mol. The van der Waals surface area contributed by atoms with E-state index in [4.69, 9.17) is 5.73 Å². The van der Waals surface area contributed by atoms with Crippen molar-refractivity contribution in [3.8, 4) is 0 Å². The van der Waals surface area contributed by atoms with Crippen molar-refractivity contribution in [2.45, 2.75) is 32.7 Å². The van der Waals surface area contributed by atoms with Crippen LogP contribution in [0.15, 0.2) is 30.3 Å². The van der Waals surface area contributed by atoms with Crippen molar-refractivity contribution < 1.29 is 0 Å². The van der Waals surface area contributed by atoms with Crippen LogP contribution >= 0.6 is 0 Å². The van der Waals surface area contributed by atoms with Crippen LogP contribution in [0, 0.1) is 11.3 Å². The van der Waals surface area contributed by atoms with Crippen LogP contribution in [0.2, 0.25) is 0 Å². The first-order chi connectivity index (χ1) is 7.92. The molecule has 2 atom stereocenters. The highest BCUT2D eigenvalue weighted by atomic mass is 14.9. The summed E-state index contributed by atoms with van der Waals surface area (Å²) in [7, 11) is 0. The van der Waals surface area contributed by atoms with E-state index in [0.29, 0.717) is 5.41 Å². The Morgan fingerprint density at radius 1 is 1.35 bits per heavy atom. The second-order valence-corrected chi connectivity index (χ2v) is 6.30. The van der Waals surface area contributed by atoms with Crippen molar-refractivity contribution in [1.82, 2.24) is 5.32 Å². The fourth-order valence-corrected chi connectivity index (χ4v) is 2.35. The lowest BCUT2D eigenvalue weighted by atomic mass is 9.93. The van der Waals surface area contributed by atoms with Crippen LogP contribution in [0.3, 0.4) is 0 Å². The molecule has 94 valence electrons. The molecule has 1 aromatic rings.